The van der Waals surface area contributed by atoms with Crippen LogP contribution in [0.15, 0.2) is 194 Å². The van der Waals surface area contributed by atoms with Gasteiger partial charge in [-0.15, -0.1) is 0 Å². The van der Waals surface area contributed by atoms with Crippen molar-refractivity contribution in [3.63, 3.8) is 0 Å². The molecule has 57 heavy (non-hydrogen) atoms. The Labute approximate surface area is 329 Å². The molecule has 4 heteroatoms. The van der Waals surface area contributed by atoms with Crippen LogP contribution in [-0.2, 0) is 6.42 Å². The first-order valence-electron chi connectivity index (χ1n) is 19.5. The van der Waals surface area contributed by atoms with Gasteiger partial charge >= 0.3 is 0 Å². The molecule has 0 saturated carbocycles. The second-order valence-electron chi connectivity index (χ2n) is 15.0. The predicted octanol–water partition coefficient (Wildman–Crippen LogP) is 13.2. The molecule has 1 aliphatic rings. The average Bonchev–Trinajstić information content (AvgIpc) is 3.94. The molecule has 11 aromatic rings. The van der Waals surface area contributed by atoms with Gasteiger partial charge < -0.3 is 4.57 Å². The number of hydrogen-bond acceptors (Lipinski definition) is 2. The summed E-state index contributed by atoms with van der Waals surface area (Å²) in [5.74, 6) is 1.68. The number of rotatable bonds is 5. The lowest BCUT2D eigenvalue weighted by Crippen LogP contribution is -2.06. The number of aromatic nitrogens is 4. The molecule has 0 fully saturated rings. The lowest BCUT2D eigenvalue weighted by atomic mass is 10.0. The van der Waals surface area contributed by atoms with E-state index in [-0.39, 0.29) is 0 Å². The van der Waals surface area contributed by atoms with Crippen LogP contribution in [0.5, 0.6) is 0 Å². The van der Waals surface area contributed by atoms with Crippen LogP contribution in [0.25, 0.3) is 100 Å². The molecule has 8 aromatic carbocycles. The molecule has 0 atom stereocenters. The van der Waals surface area contributed by atoms with Crippen LogP contribution in [0.4, 0.5) is 0 Å². The first-order chi connectivity index (χ1) is 28.3. The van der Waals surface area contributed by atoms with Crippen LogP contribution in [0.1, 0.15) is 11.1 Å². The van der Waals surface area contributed by atoms with Crippen molar-refractivity contribution in [2.45, 2.75) is 6.42 Å². The molecule has 0 bridgehead atoms. The minimum absolute atomic E-state index is 0.738. The lowest BCUT2D eigenvalue weighted by molar-refractivity contribution is 1.01. The quantitative estimate of drug-likeness (QED) is 0.177. The van der Waals surface area contributed by atoms with Crippen LogP contribution in [0, 0.1) is 0 Å². The first kappa shape index (κ1) is 31.8. The Morgan fingerprint density at radius 1 is 0.368 bits per heavy atom. The highest BCUT2D eigenvalue weighted by Crippen LogP contribution is 2.43. The summed E-state index contributed by atoms with van der Waals surface area (Å²) < 4.78 is 4.78. The van der Waals surface area contributed by atoms with Gasteiger partial charge in [-0.05, 0) is 70.3 Å². The number of hydrogen-bond donors (Lipinski definition) is 0. The third-order valence-electron chi connectivity index (χ3n) is 11.8. The molecule has 0 saturated heterocycles. The minimum Gasteiger partial charge on any atom is -0.309 e. The summed E-state index contributed by atoms with van der Waals surface area (Å²) >= 11 is 0. The van der Waals surface area contributed by atoms with Gasteiger partial charge in [0.15, 0.2) is 5.82 Å². The average molecular weight is 727 g/mol. The van der Waals surface area contributed by atoms with Crippen LogP contribution >= 0.6 is 0 Å². The molecule has 3 aromatic heterocycles. The molecule has 4 nitrogen and oxygen atoms in total. The van der Waals surface area contributed by atoms with Gasteiger partial charge in [0.25, 0.3) is 0 Å². The number of benzene rings is 8. The van der Waals surface area contributed by atoms with Crippen molar-refractivity contribution in [1.82, 2.24) is 19.1 Å². The summed E-state index contributed by atoms with van der Waals surface area (Å²) in [5.41, 5.74) is 16.3. The highest BCUT2D eigenvalue weighted by atomic mass is 15.1. The molecule has 1 aliphatic carbocycles. The SMILES string of the molecule is c1ccc(-c2ccc(-n3c4ccccc4c4ccc(-c5ccc6c(c5)c5ccccc5n6-c5nc(-c6ccccc6)nc6c5Cc5ccccc5-6)cc43)cc2)cc1. The zero-order chi connectivity index (χ0) is 37.5. The molecule has 0 amide bonds. The van der Waals surface area contributed by atoms with Gasteiger partial charge in [0.05, 0.1) is 27.8 Å². The Morgan fingerprint density at radius 3 is 1.72 bits per heavy atom. The maximum Gasteiger partial charge on any atom is 0.162 e. The standard InChI is InChI=1S/C53H34N4/c1-3-13-34(14-4-1)35-23-27-40(28-24-35)56-47-21-11-9-19-42(47)44-29-25-38(33-50(44)56)37-26-30-49-45(31-37)43-20-10-12-22-48(43)57(49)53-46-32-39-17-7-8-18-41(39)51(46)54-52(55-53)36-15-5-2-6-16-36/h1-31,33H,32H2. The van der Waals surface area contributed by atoms with Crippen molar-refractivity contribution < 1.29 is 0 Å². The summed E-state index contributed by atoms with van der Waals surface area (Å²) in [6.45, 7) is 0. The van der Waals surface area contributed by atoms with Crippen molar-refractivity contribution in [2.75, 3.05) is 0 Å². The van der Waals surface area contributed by atoms with E-state index in [9.17, 15) is 0 Å². The topological polar surface area (TPSA) is 35.6 Å². The smallest absolute Gasteiger partial charge is 0.162 e. The maximum absolute atomic E-state index is 5.39. The molecule has 0 N–H and O–H groups in total. The van der Waals surface area contributed by atoms with E-state index in [0.29, 0.717) is 0 Å². The Kier molecular flexibility index (Phi) is 6.96. The number of fused-ring (bicyclic) bond motifs is 9. The van der Waals surface area contributed by atoms with E-state index in [1.165, 1.54) is 66.0 Å². The van der Waals surface area contributed by atoms with Crippen molar-refractivity contribution >= 4 is 43.6 Å². The van der Waals surface area contributed by atoms with Crippen molar-refractivity contribution in [2.24, 2.45) is 0 Å². The van der Waals surface area contributed by atoms with Crippen LogP contribution in [-0.4, -0.2) is 19.1 Å². The zero-order valence-corrected chi connectivity index (χ0v) is 31.0. The van der Waals surface area contributed by atoms with E-state index >= 15 is 0 Å². The molecule has 266 valence electrons. The Balaban J connectivity index is 1.04. The van der Waals surface area contributed by atoms with Crippen molar-refractivity contribution in [1.29, 1.82) is 0 Å². The summed E-state index contributed by atoms with van der Waals surface area (Å²) in [4.78, 5) is 10.6. The van der Waals surface area contributed by atoms with Crippen molar-refractivity contribution in [3.8, 4) is 56.4 Å². The third kappa shape index (κ3) is 4.94. The monoisotopic (exact) mass is 726 g/mol. The molecular weight excluding hydrogens is 693 g/mol. The zero-order valence-electron chi connectivity index (χ0n) is 31.0. The second kappa shape index (κ2) is 12.5. The molecule has 0 radical (unpaired) electrons. The fraction of sp³-hybridized carbons (Fsp3) is 0.0189. The summed E-state index contributed by atoms with van der Waals surface area (Å²) in [7, 11) is 0. The van der Waals surface area contributed by atoms with E-state index in [4.69, 9.17) is 9.97 Å². The largest absolute Gasteiger partial charge is 0.309 e. The number of para-hydroxylation sites is 2. The van der Waals surface area contributed by atoms with Gasteiger partial charge in [0.1, 0.15) is 5.82 Å². The van der Waals surface area contributed by atoms with E-state index in [0.717, 1.165) is 51.6 Å². The fourth-order valence-corrected chi connectivity index (χ4v) is 9.10. The second-order valence-corrected chi connectivity index (χ2v) is 15.0. The summed E-state index contributed by atoms with van der Waals surface area (Å²) in [6, 6.07) is 69.8. The van der Waals surface area contributed by atoms with E-state index in [1.54, 1.807) is 0 Å². The normalized spacial score (nSPS) is 12.1. The molecule has 0 unspecified atom stereocenters. The summed E-state index contributed by atoms with van der Waals surface area (Å²) in [5, 5.41) is 4.89. The van der Waals surface area contributed by atoms with Gasteiger partial charge in [-0.25, -0.2) is 9.97 Å². The first-order valence-corrected chi connectivity index (χ1v) is 19.5. The number of nitrogens with zero attached hydrogens (tertiary/aromatic N) is 4. The van der Waals surface area contributed by atoms with Gasteiger partial charge in [-0.3, -0.25) is 4.57 Å². The van der Waals surface area contributed by atoms with Crippen LogP contribution in [0.3, 0.4) is 0 Å². The van der Waals surface area contributed by atoms with E-state index in [2.05, 4.69) is 197 Å². The summed E-state index contributed by atoms with van der Waals surface area (Å²) in [6.07, 6.45) is 0.797. The fourth-order valence-electron chi connectivity index (χ4n) is 9.10. The minimum atomic E-state index is 0.738. The molecule has 0 aliphatic heterocycles. The predicted molar refractivity (Wildman–Crippen MR) is 235 cm³/mol. The molecule has 12 rings (SSSR count). The molecule has 0 spiro atoms. The Bertz CT molecular complexity index is 3360. The highest BCUT2D eigenvalue weighted by molar-refractivity contribution is 6.12. The maximum atomic E-state index is 5.39. The lowest BCUT2D eigenvalue weighted by Gasteiger charge is -2.14. The van der Waals surface area contributed by atoms with Crippen LogP contribution < -0.4 is 0 Å². The Hall–Kier alpha value is -7.56. The molecule has 3 heterocycles. The molecular formula is C53H34N4. The van der Waals surface area contributed by atoms with E-state index in [1.807, 2.05) is 6.07 Å². The van der Waals surface area contributed by atoms with Gasteiger partial charge in [0.2, 0.25) is 0 Å². The Morgan fingerprint density at radius 2 is 0.930 bits per heavy atom. The van der Waals surface area contributed by atoms with E-state index < -0.39 is 0 Å². The van der Waals surface area contributed by atoms with Gasteiger partial charge in [-0.2, -0.15) is 0 Å². The van der Waals surface area contributed by atoms with Crippen molar-refractivity contribution in [3.05, 3.63) is 205 Å². The third-order valence-corrected chi connectivity index (χ3v) is 11.8. The van der Waals surface area contributed by atoms with Gasteiger partial charge in [0, 0.05) is 50.3 Å². The van der Waals surface area contributed by atoms with Gasteiger partial charge in [-0.1, -0.05) is 152 Å². The van der Waals surface area contributed by atoms with Crippen LogP contribution in [0.2, 0.25) is 0 Å². The highest BCUT2D eigenvalue weighted by Gasteiger charge is 2.28.